The van der Waals surface area contributed by atoms with E-state index in [1.165, 1.54) is 22.3 Å². The lowest BCUT2D eigenvalue weighted by Crippen LogP contribution is -2.26. The summed E-state index contributed by atoms with van der Waals surface area (Å²) in [7, 11) is 0. The summed E-state index contributed by atoms with van der Waals surface area (Å²) in [5.74, 6) is 0.268. The number of carbonyl (C=O) groups excluding carboxylic acids is 1. The molecule has 3 N–H and O–H groups in total. The molecule has 6 heteroatoms. The Kier molecular flexibility index (Phi) is 5.01. The summed E-state index contributed by atoms with van der Waals surface area (Å²) >= 11 is 0. The number of nitrogen functional groups attached to an aromatic ring is 1. The second-order valence-corrected chi connectivity index (χ2v) is 6.45. The molecule has 0 saturated carbocycles. The summed E-state index contributed by atoms with van der Waals surface area (Å²) in [5, 5.41) is 2.72. The Morgan fingerprint density at radius 3 is 2.43 bits per heavy atom. The highest BCUT2D eigenvalue weighted by atomic mass is 16.5. The molecule has 0 unspecified atom stereocenters. The van der Waals surface area contributed by atoms with Crippen molar-refractivity contribution in [3.05, 3.63) is 83.7 Å². The molecule has 0 bridgehead atoms. The van der Waals surface area contributed by atoms with Crippen molar-refractivity contribution in [3.63, 3.8) is 0 Å². The molecule has 140 valence electrons. The molecule has 2 aromatic carbocycles. The van der Waals surface area contributed by atoms with E-state index in [4.69, 9.17) is 10.5 Å². The lowest BCUT2D eigenvalue weighted by molar-refractivity contribution is 0.144. The average molecular weight is 372 g/mol. The molecule has 0 saturated heterocycles. The zero-order chi connectivity index (χ0) is 19.3. The van der Waals surface area contributed by atoms with Gasteiger partial charge in [-0.15, -0.1) is 0 Å². The molecule has 3 aromatic rings. The molecule has 0 aliphatic heterocycles. The zero-order valence-electron chi connectivity index (χ0n) is 15.2. The van der Waals surface area contributed by atoms with E-state index in [9.17, 15) is 4.79 Å². The lowest BCUT2D eigenvalue weighted by Gasteiger charge is -2.14. The van der Waals surface area contributed by atoms with Gasteiger partial charge in [-0.3, -0.25) is 0 Å². The van der Waals surface area contributed by atoms with Crippen LogP contribution in [0.2, 0.25) is 0 Å². The first kappa shape index (κ1) is 17.7. The van der Waals surface area contributed by atoms with Gasteiger partial charge in [0.1, 0.15) is 6.61 Å². The number of anilines is 1. The maximum Gasteiger partial charge on any atom is 0.407 e. The summed E-state index contributed by atoms with van der Waals surface area (Å²) in [6.45, 7) is 0.632. The molecular weight excluding hydrogens is 352 g/mol. The van der Waals surface area contributed by atoms with Gasteiger partial charge in [-0.2, -0.15) is 0 Å². The number of carbonyl (C=O) groups is 1. The smallest absolute Gasteiger partial charge is 0.407 e. The summed E-state index contributed by atoms with van der Waals surface area (Å²) in [4.78, 5) is 20.0. The van der Waals surface area contributed by atoms with E-state index >= 15 is 0 Å². The SMILES string of the molecule is Nc1nccc(C=CCNC(=O)OCC2c3ccccc3-c3ccccc32)n1. The van der Waals surface area contributed by atoms with Crippen LogP contribution in [0.1, 0.15) is 22.7 Å². The predicted molar refractivity (Wildman–Crippen MR) is 109 cm³/mol. The largest absolute Gasteiger partial charge is 0.449 e. The van der Waals surface area contributed by atoms with Crippen molar-refractivity contribution in [3.8, 4) is 11.1 Å². The van der Waals surface area contributed by atoms with E-state index in [1.54, 1.807) is 24.4 Å². The molecule has 6 nitrogen and oxygen atoms in total. The third-order valence-electron chi connectivity index (χ3n) is 4.69. The fourth-order valence-electron chi connectivity index (χ4n) is 3.45. The molecule has 0 radical (unpaired) electrons. The molecular formula is C22H20N4O2. The van der Waals surface area contributed by atoms with E-state index in [1.807, 2.05) is 24.3 Å². The number of hydrogen-bond donors (Lipinski definition) is 2. The van der Waals surface area contributed by atoms with Crippen LogP contribution in [0.3, 0.4) is 0 Å². The van der Waals surface area contributed by atoms with E-state index in [-0.39, 0.29) is 11.9 Å². The van der Waals surface area contributed by atoms with Gasteiger partial charge in [-0.05, 0) is 34.4 Å². The van der Waals surface area contributed by atoms with E-state index < -0.39 is 6.09 Å². The number of rotatable bonds is 5. The van der Waals surface area contributed by atoms with Gasteiger partial charge in [0.25, 0.3) is 0 Å². The Bertz CT molecular complexity index is 987. The van der Waals surface area contributed by atoms with Crippen molar-refractivity contribution < 1.29 is 9.53 Å². The fraction of sp³-hybridized carbons (Fsp3) is 0.136. The van der Waals surface area contributed by atoms with Crippen LogP contribution < -0.4 is 11.1 Å². The number of benzene rings is 2. The molecule has 1 aromatic heterocycles. The van der Waals surface area contributed by atoms with Gasteiger partial charge < -0.3 is 15.8 Å². The van der Waals surface area contributed by atoms with Crippen molar-refractivity contribution in [1.29, 1.82) is 0 Å². The number of amides is 1. The Labute approximate surface area is 163 Å². The second kappa shape index (κ2) is 7.92. The first-order valence-electron chi connectivity index (χ1n) is 9.06. The molecule has 4 rings (SSSR count). The molecule has 1 aliphatic rings. The summed E-state index contributed by atoms with van der Waals surface area (Å²) in [6.07, 6.45) is 4.68. The van der Waals surface area contributed by atoms with Crippen LogP contribution in [-0.2, 0) is 4.74 Å². The molecule has 0 spiro atoms. The number of nitrogens with one attached hydrogen (secondary N) is 1. The highest BCUT2D eigenvalue weighted by molar-refractivity contribution is 5.79. The van der Waals surface area contributed by atoms with Crippen molar-refractivity contribution >= 4 is 18.1 Å². The minimum absolute atomic E-state index is 0.0534. The highest BCUT2D eigenvalue weighted by Crippen LogP contribution is 2.44. The fourth-order valence-corrected chi connectivity index (χ4v) is 3.45. The van der Waals surface area contributed by atoms with E-state index in [2.05, 4.69) is 39.6 Å². The van der Waals surface area contributed by atoms with Crippen LogP contribution in [0.15, 0.2) is 66.9 Å². The number of ether oxygens (including phenoxy) is 1. The van der Waals surface area contributed by atoms with Gasteiger partial charge in [0.05, 0.1) is 5.69 Å². The number of fused-ring (bicyclic) bond motifs is 3. The minimum atomic E-state index is -0.450. The van der Waals surface area contributed by atoms with Gasteiger partial charge >= 0.3 is 6.09 Å². The Morgan fingerprint density at radius 1 is 1.07 bits per heavy atom. The van der Waals surface area contributed by atoms with Crippen LogP contribution in [0.4, 0.5) is 10.7 Å². The van der Waals surface area contributed by atoms with Gasteiger partial charge in [0.15, 0.2) is 0 Å². The van der Waals surface area contributed by atoms with Crippen LogP contribution in [0, 0.1) is 0 Å². The summed E-state index contributed by atoms with van der Waals surface area (Å²) < 4.78 is 5.48. The quantitative estimate of drug-likeness (QED) is 0.714. The Balaban J connectivity index is 1.34. The highest BCUT2D eigenvalue weighted by Gasteiger charge is 2.28. The molecule has 28 heavy (non-hydrogen) atoms. The summed E-state index contributed by atoms with van der Waals surface area (Å²) in [5.41, 5.74) is 11.0. The molecule has 0 atom stereocenters. The average Bonchev–Trinajstić information content (AvgIpc) is 3.04. The molecule has 0 fully saturated rings. The maximum absolute atomic E-state index is 12.1. The maximum atomic E-state index is 12.1. The van der Waals surface area contributed by atoms with Crippen LogP contribution in [-0.4, -0.2) is 29.2 Å². The Hall–Kier alpha value is -3.67. The van der Waals surface area contributed by atoms with E-state index in [0.717, 1.165) is 0 Å². The van der Waals surface area contributed by atoms with Crippen LogP contribution in [0.25, 0.3) is 17.2 Å². The first-order chi connectivity index (χ1) is 13.7. The van der Waals surface area contributed by atoms with Crippen molar-refractivity contribution in [2.75, 3.05) is 18.9 Å². The predicted octanol–water partition coefficient (Wildman–Crippen LogP) is 3.61. The number of nitrogens with zero attached hydrogens (tertiary/aromatic N) is 2. The van der Waals surface area contributed by atoms with Crippen molar-refractivity contribution in [2.45, 2.75) is 5.92 Å². The van der Waals surface area contributed by atoms with Crippen molar-refractivity contribution in [1.82, 2.24) is 15.3 Å². The number of nitrogens with two attached hydrogens (primary N) is 1. The standard InChI is InChI=1S/C22H20N4O2/c23-21-24-13-11-15(26-21)6-5-12-25-22(27)28-14-20-18-9-3-1-7-16(18)17-8-2-4-10-19(17)20/h1-11,13,20H,12,14H2,(H,25,27)(H2,23,24,26). The molecule has 1 aliphatic carbocycles. The van der Waals surface area contributed by atoms with Gasteiger partial charge in [-0.1, -0.05) is 54.6 Å². The Morgan fingerprint density at radius 2 is 1.75 bits per heavy atom. The number of hydrogen-bond acceptors (Lipinski definition) is 5. The number of alkyl carbamates (subject to hydrolysis) is 1. The van der Waals surface area contributed by atoms with Gasteiger partial charge in [-0.25, -0.2) is 14.8 Å². The third-order valence-corrected chi connectivity index (χ3v) is 4.69. The second-order valence-electron chi connectivity index (χ2n) is 6.45. The zero-order valence-corrected chi connectivity index (χ0v) is 15.2. The van der Waals surface area contributed by atoms with Crippen molar-refractivity contribution in [2.24, 2.45) is 0 Å². The monoisotopic (exact) mass is 372 g/mol. The topological polar surface area (TPSA) is 90.1 Å². The lowest BCUT2D eigenvalue weighted by atomic mass is 9.98. The normalized spacial score (nSPS) is 12.6. The molecule has 1 heterocycles. The van der Waals surface area contributed by atoms with Gasteiger partial charge in [0, 0.05) is 18.7 Å². The van der Waals surface area contributed by atoms with Crippen LogP contribution in [0.5, 0.6) is 0 Å². The molecule has 1 amide bonds. The van der Waals surface area contributed by atoms with E-state index in [0.29, 0.717) is 18.8 Å². The third kappa shape index (κ3) is 3.71. The summed E-state index contributed by atoms with van der Waals surface area (Å²) in [6, 6.07) is 18.2. The number of aromatic nitrogens is 2. The van der Waals surface area contributed by atoms with Crippen LogP contribution >= 0.6 is 0 Å². The first-order valence-corrected chi connectivity index (χ1v) is 9.06. The minimum Gasteiger partial charge on any atom is -0.449 e. The van der Waals surface area contributed by atoms with Gasteiger partial charge in [0.2, 0.25) is 5.95 Å².